The van der Waals surface area contributed by atoms with Crippen LogP contribution in [-0.4, -0.2) is 0 Å². The first-order chi connectivity index (χ1) is 31.8. The number of anilines is 3. The molecule has 64 heavy (non-hydrogen) atoms. The number of furan rings is 1. The van der Waals surface area contributed by atoms with Gasteiger partial charge in [0.2, 0.25) is 0 Å². The molecule has 1 atom stereocenters. The first kappa shape index (κ1) is 35.6. The highest BCUT2D eigenvalue weighted by Crippen LogP contribution is 2.63. The quantitative estimate of drug-likeness (QED) is 0.176. The van der Waals surface area contributed by atoms with Crippen LogP contribution in [0.15, 0.2) is 229 Å². The maximum Gasteiger partial charge on any atom is 0.159 e. The van der Waals surface area contributed by atoms with Gasteiger partial charge in [-0.15, -0.1) is 11.3 Å². The summed E-state index contributed by atoms with van der Waals surface area (Å²) in [7, 11) is 0. The molecule has 0 radical (unpaired) electrons. The summed E-state index contributed by atoms with van der Waals surface area (Å²) in [6.07, 6.45) is 0. The van der Waals surface area contributed by atoms with Gasteiger partial charge in [0.05, 0.1) is 16.8 Å². The van der Waals surface area contributed by atoms with Gasteiger partial charge in [-0.25, -0.2) is 0 Å². The van der Waals surface area contributed by atoms with Crippen molar-refractivity contribution < 1.29 is 4.42 Å². The molecule has 298 valence electrons. The minimum atomic E-state index is -0.606. The van der Waals surface area contributed by atoms with E-state index in [2.05, 4.69) is 229 Å². The first-order valence-electron chi connectivity index (χ1n) is 22.0. The number of rotatable bonds is 4. The van der Waals surface area contributed by atoms with Gasteiger partial charge in [0.25, 0.3) is 0 Å². The number of benzene rings is 10. The summed E-state index contributed by atoms with van der Waals surface area (Å²) < 4.78 is 9.48. The molecule has 2 nitrogen and oxygen atoms in total. The zero-order chi connectivity index (χ0) is 41.9. The van der Waals surface area contributed by atoms with Crippen LogP contribution in [-0.2, 0) is 5.41 Å². The summed E-state index contributed by atoms with van der Waals surface area (Å²) in [5.41, 5.74) is 19.3. The third kappa shape index (κ3) is 4.85. The second-order valence-corrected chi connectivity index (χ2v) is 18.2. The van der Waals surface area contributed by atoms with Crippen molar-refractivity contribution in [3.63, 3.8) is 0 Å². The molecular weight excluding hydrogens is 795 g/mol. The fraction of sp³-hybridized carbons (Fsp3) is 0.0164. The lowest BCUT2D eigenvalue weighted by Crippen LogP contribution is -2.29. The van der Waals surface area contributed by atoms with Crippen LogP contribution < -0.4 is 4.90 Å². The lowest BCUT2D eigenvalue weighted by Gasteiger charge is -2.36. The van der Waals surface area contributed by atoms with E-state index in [1.54, 1.807) is 0 Å². The molecule has 0 fully saturated rings. The van der Waals surface area contributed by atoms with Crippen LogP contribution in [0.2, 0.25) is 0 Å². The van der Waals surface area contributed by atoms with Crippen LogP contribution in [0.25, 0.3) is 86.6 Å². The number of hydrogen-bond donors (Lipinski definition) is 0. The van der Waals surface area contributed by atoms with Crippen molar-refractivity contribution in [3.8, 4) is 44.5 Å². The first-order valence-corrected chi connectivity index (χ1v) is 22.8. The van der Waals surface area contributed by atoms with E-state index in [1.165, 1.54) is 75.8 Å². The molecule has 2 heterocycles. The van der Waals surface area contributed by atoms with Gasteiger partial charge in [-0.05, 0) is 110 Å². The van der Waals surface area contributed by atoms with Gasteiger partial charge in [-0.3, -0.25) is 0 Å². The molecule has 2 aromatic heterocycles. The van der Waals surface area contributed by atoms with Crippen molar-refractivity contribution in [1.29, 1.82) is 0 Å². The van der Waals surface area contributed by atoms with Gasteiger partial charge in [-0.1, -0.05) is 176 Å². The smallest absolute Gasteiger partial charge is 0.159 e. The van der Waals surface area contributed by atoms with Crippen molar-refractivity contribution in [2.24, 2.45) is 0 Å². The molecule has 0 bridgehead atoms. The fourth-order valence-electron chi connectivity index (χ4n) is 11.3. The monoisotopic (exact) mass is 831 g/mol. The summed E-state index contributed by atoms with van der Waals surface area (Å²) in [5.74, 6) is 0. The van der Waals surface area contributed by atoms with Crippen molar-refractivity contribution in [1.82, 2.24) is 0 Å². The second-order valence-electron chi connectivity index (χ2n) is 17.1. The third-order valence-electron chi connectivity index (χ3n) is 13.9. The van der Waals surface area contributed by atoms with Crippen molar-refractivity contribution in [3.05, 3.63) is 247 Å². The maximum absolute atomic E-state index is 6.85. The minimum absolute atomic E-state index is 0.606. The Bertz CT molecular complexity index is 3870. The van der Waals surface area contributed by atoms with Crippen LogP contribution in [0, 0.1) is 0 Å². The average Bonchev–Trinajstić information content (AvgIpc) is 4.00. The topological polar surface area (TPSA) is 16.4 Å². The number of nitrogens with zero attached hydrogens (tertiary/aromatic N) is 1. The van der Waals surface area contributed by atoms with E-state index in [1.807, 2.05) is 11.3 Å². The Balaban J connectivity index is 1.11. The molecule has 0 aliphatic heterocycles. The molecule has 0 N–H and O–H groups in total. The van der Waals surface area contributed by atoms with Gasteiger partial charge in [0.15, 0.2) is 5.58 Å². The zero-order valence-corrected chi connectivity index (χ0v) is 35.4. The van der Waals surface area contributed by atoms with E-state index >= 15 is 0 Å². The number of thiophene rings is 1. The molecule has 2 aliphatic rings. The van der Waals surface area contributed by atoms with Crippen LogP contribution in [0.1, 0.15) is 22.3 Å². The Kier molecular flexibility index (Phi) is 7.51. The molecule has 10 aromatic carbocycles. The Hall–Kier alpha value is -7.98. The largest absolute Gasteiger partial charge is 0.454 e. The van der Waals surface area contributed by atoms with E-state index in [9.17, 15) is 0 Å². The molecule has 12 aromatic rings. The van der Waals surface area contributed by atoms with E-state index in [4.69, 9.17) is 4.42 Å². The van der Waals surface area contributed by atoms with Crippen molar-refractivity contribution in [2.45, 2.75) is 5.41 Å². The molecule has 0 saturated carbocycles. The van der Waals surface area contributed by atoms with E-state index in [-0.39, 0.29) is 0 Å². The lowest BCUT2D eigenvalue weighted by molar-refractivity contribution is 0.669. The SMILES string of the molecule is c1ccc(-c2ccccc2N(c2ccc3c(c2)-c2ccccc2-c2ccccc2C32c3ccccc3-c3cc4c(cc32)sc2ccccc24)c2cccc3c2oc2ccccc23)cc1. The summed E-state index contributed by atoms with van der Waals surface area (Å²) >= 11 is 1.90. The molecule has 14 rings (SSSR count). The van der Waals surface area contributed by atoms with Gasteiger partial charge in [0, 0.05) is 42.2 Å². The highest BCUT2D eigenvalue weighted by Gasteiger charge is 2.50. The predicted molar refractivity (Wildman–Crippen MR) is 268 cm³/mol. The highest BCUT2D eigenvalue weighted by molar-refractivity contribution is 7.25. The molecular formula is C61H37NOS. The second kappa shape index (κ2) is 13.5. The number of fused-ring (bicyclic) bond motifs is 18. The van der Waals surface area contributed by atoms with Crippen LogP contribution >= 0.6 is 11.3 Å². The van der Waals surface area contributed by atoms with Crippen molar-refractivity contribution >= 4 is 70.5 Å². The lowest BCUT2D eigenvalue weighted by atomic mass is 9.66. The molecule has 1 unspecified atom stereocenters. The van der Waals surface area contributed by atoms with Gasteiger partial charge in [0.1, 0.15) is 5.58 Å². The zero-order valence-electron chi connectivity index (χ0n) is 34.6. The van der Waals surface area contributed by atoms with E-state index in [0.717, 1.165) is 50.1 Å². The van der Waals surface area contributed by atoms with Gasteiger partial charge in [-0.2, -0.15) is 0 Å². The van der Waals surface area contributed by atoms with E-state index in [0.29, 0.717) is 0 Å². The fourth-order valence-corrected chi connectivity index (χ4v) is 12.4. The maximum atomic E-state index is 6.85. The molecule has 0 saturated heterocycles. The Morgan fingerprint density at radius 3 is 1.73 bits per heavy atom. The normalized spacial score (nSPS) is 14.6. The summed E-state index contributed by atoms with van der Waals surface area (Å²) in [6.45, 7) is 0. The third-order valence-corrected chi connectivity index (χ3v) is 15.0. The van der Waals surface area contributed by atoms with Gasteiger partial charge >= 0.3 is 0 Å². The van der Waals surface area contributed by atoms with Gasteiger partial charge < -0.3 is 9.32 Å². The van der Waals surface area contributed by atoms with Crippen LogP contribution in [0.3, 0.4) is 0 Å². The summed E-state index contributed by atoms with van der Waals surface area (Å²) in [4.78, 5) is 2.43. The summed E-state index contributed by atoms with van der Waals surface area (Å²) in [5, 5.41) is 4.84. The minimum Gasteiger partial charge on any atom is -0.454 e. The van der Waals surface area contributed by atoms with E-state index < -0.39 is 5.41 Å². The van der Waals surface area contributed by atoms with Crippen molar-refractivity contribution in [2.75, 3.05) is 4.90 Å². The van der Waals surface area contributed by atoms with Crippen LogP contribution in [0.5, 0.6) is 0 Å². The summed E-state index contributed by atoms with van der Waals surface area (Å²) in [6, 6.07) is 83.0. The van der Waals surface area contributed by atoms with Crippen LogP contribution in [0.4, 0.5) is 17.1 Å². The molecule has 3 heteroatoms. The number of para-hydroxylation sites is 3. The molecule has 2 aliphatic carbocycles. The predicted octanol–water partition coefficient (Wildman–Crippen LogP) is 17.1. The standard InChI is InChI=1S/C61H37NOS/c1-2-17-38(18-3-1)40-19-8-13-29-55(40)62(56-30-16-26-47-45-24-9-14-31-57(45)63-60(47)56)39-33-34-53-48(35-39)42-21-5-4-20-41(42)43-22-6-11-27-51(43)61(53)52-28-12-7-23-44(52)49-36-50-46-25-10-15-32-58(46)64-59(50)37-54(49)61/h1-37H. The average molecular weight is 832 g/mol. The Morgan fingerprint density at radius 2 is 0.922 bits per heavy atom. The Labute approximate surface area is 374 Å². The number of hydrogen-bond acceptors (Lipinski definition) is 3. The molecule has 0 amide bonds. The Morgan fingerprint density at radius 1 is 0.344 bits per heavy atom. The highest BCUT2D eigenvalue weighted by atomic mass is 32.1. The molecule has 1 spiro atoms.